The lowest BCUT2D eigenvalue weighted by Gasteiger charge is -2.04. The van der Waals surface area contributed by atoms with Gasteiger partial charge in [-0.1, -0.05) is 12.1 Å². The average molecular weight is 217 g/mol. The van der Waals surface area contributed by atoms with E-state index in [0.29, 0.717) is 5.69 Å². The molecule has 1 N–H and O–H groups in total. The number of halogens is 1. The highest BCUT2D eigenvalue weighted by Crippen LogP contribution is 2.19. The molecule has 16 heavy (non-hydrogen) atoms. The highest BCUT2D eigenvalue weighted by atomic mass is 19.1. The van der Waals surface area contributed by atoms with E-state index in [4.69, 9.17) is 0 Å². The van der Waals surface area contributed by atoms with Crippen molar-refractivity contribution in [2.75, 3.05) is 11.9 Å². The topological polar surface area (TPSA) is 37.8 Å². The third kappa shape index (κ3) is 2.34. The van der Waals surface area contributed by atoms with Crippen LogP contribution in [0.1, 0.15) is 6.92 Å². The van der Waals surface area contributed by atoms with Crippen LogP contribution in [0.2, 0.25) is 0 Å². The van der Waals surface area contributed by atoms with Crippen LogP contribution in [0.4, 0.5) is 10.2 Å². The molecule has 4 heteroatoms. The van der Waals surface area contributed by atoms with Crippen LogP contribution < -0.4 is 5.32 Å². The fourth-order valence-electron chi connectivity index (χ4n) is 1.44. The molecular formula is C12H12FN3. The summed E-state index contributed by atoms with van der Waals surface area (Å²) in [7, 11) is 0. The maximum atomic E-state index is 13.0. The molecule has 0 unspecified atom stereocenters. The Kier molecular flexibility index (Phi) is 3.10. The van der Waals surface area contributed by atoms with E-state index < -0.39 is 0 Å². The summed E-state index contributed by atoms with van der Waals surface area (Å²) in [5.41, 5.74) is 1.46. The van der Waals surface area contributed by atoms with Crippen molar-refractivity contribution in [3.63, 3.8) is 0 Å². The van der Waals surface area contributed by atoms with Crippen LogP contribution in [0.25, 0.3) is 11.3 Å². The van der Waals surface area contributed by atoms with Gasteiger partial charge in [-0.15, -0.1) is 0 Å². The number of aromatic nitrogens is 2. The third-order valence-electron chi connectivity index (χ3n) is 2.15. The van der Waals surface area contributed by atoms with E-state index in [-0.39, 0.29) is 5.82 Å². The van der Waals surface area contributed by atoms with Crippen molar-refractivity contribution in [3.8, 4) is 11.3 Å². The lowest BCUT2D eigenvalue weighted by atomic mass is 10.1. The second kappa shape index (κ2) is 4.70. The number of nitrogens with zero attached hydrogens (tertiary/aromatic N) is 2. The zero-order valence-electron chi connectivity index (χ0n) is 8.94. The Morgan fingerprint density at radius 3 is 2.88 bits per heavy atom. The van der Waals surface area contributed by atoms with Crippen molar-refractivity contribution in [2.24, 2.45) is 0 Å². The van der Waals surface area contributed by atoms with Gasteiger partial charge in [0.25, 0.3) is 0 Å². The van der Waals surface area contributed by atoms with Gasteiger partial charge in [0.05, 0.1) is 5.69 Å². The zero-order valence-corrected chi connectivity index (χ0v) is 8.94. The average Bonchev–Trinajstić information content (AvgIpc) is 2.30. The van der Waals surface area contributed by atoms with Crippen molar-refractivity contribution >= 4 is 5.82 Å². The van der Waals surface area contributed by atoms with Crippen molar-refractivity contribution in [3.05, 3.63) is 42.5 Å². The molecule has 0 saturated carbocycles. The van der Waals surface area contributed by atoms with E-state index in [0.717, 1.165) is 17.9 Å². The molecule has 0 spiro atoms. The number of benzene rings is 1. The van der Waals surface area contributed by atoms with Gasteiger partial charge in [0, 0.05) is 18.2 Å². The van der Waals surface area contributed by atoms with Gasteiger partial charge in [-0.3, -0.25) is 0 Å². The highest BCUT2D eigenvalue weighted by Gasteiger charge is 2.02. The molecule has 0 aliphatic carbocycles. The maximum absolute atomic E-state index is 13.0. The van der Waals surface area contributed by atoms with Gasteiger partial charge in [-0.2, -0.15) is 0 Å². The van der Waals surface area contributed by atoms with E-state index >= 15 is 0 Å². The Balaban J connectivity index is 2.36. The first kappa shape index (κ1) is 10.5. The number of anilines is 1. The van der Waals surface area contributed by atoms with Crippen molar-refractivity contribution in [1.82, 2.24) is 9.97 Å². The monoisotopic (exact) mass is 217 g/mol. The van der Waals surface area contributed by atoms with Crippen LogP contribution in [0.5, 0.6) is 0 Å². The zero-order chi connectivity index (χ0) is 11.4. The van der Waals surface area contributed by atoms with Crippen LogP contribution in [-0.2, 0) is 0 Å². The van der Waals surface area contributed by atoms with Crippen LogP contribution in [0, 0.1) is 5.82 Å². The van der Waals surface area contributed by atoms with Crippen LogP contribution >= 0.6 is 0 Å². The molecule has 0 aliphatic heterocycles. The summed E-state index contributed by atoms with van der Waals surface area (Å²) in [4.78, 5) is 8.18. The summed E-state index contributed by atoms with van der Waals surface area (Å²) in [6.45, 7) is 2.78. The van der Waals surface area contributed by atoms with Crippen LogP contribution in [-0.4, -0.2) is 16.5 Å². The molecule has 0 bridgehead atoms. The first-order chi connectivity index (χ1) is 7.79. The Morgan fingerprint density at radius 2 is 2.12 bits per heavy atom. The summed E-state index contributed by atoms with van der Waals surface area (Å²) in [6, 6.07) is 8.16. The highest BCUT2D eigenvalue weighted by molar-refractivity contribution is 5.61. The number of rotatable bonds is 3. The molecule has 82 valence electrons. The van der Waals surface area contributed by atoms with Crippen molar-refractivity contribution in [2.45, 2.75) is 6.92 Å². The molecule has 1 heterocycles. The molecule has 0 fully saturated rings. The third-order valence-corrected chi connectivity index (χ3v) is 2.15. The second-order valence-electron chi connectivity index (χ2n) is 3.33. The fourth-order valence-corrected chi connectivity index (χ4v) is 1.44. The predicted molar refractivity (Wildman–Crippen MR) is 61.6 cm³/mol. The van der Waals surface area contributed by atoms with Gasteiger partial charge in [0.1, 0.15) is 18.0 Å². The smallest absolute Gasteiger partial charge is 0.129 e. The predicted octanol–water partition coefficient (Wildman–Crippen LogP) is 2.71. The molecule has 0 saturated heterocycles. The van der Waals surface area contributed by atoms with E-state index in [1.165, 1.54) is 18.5 Å². The summed E-state index contributed by atoms with van der Waals surface area (Å²) in [6.07, 6.45) is 1.47. The van der Waals surface area contributed by atoms with E-state index in [1.54, 1.807) is 12.1 Å². The standard InChI is InChI=1S/C12H12FN3/c1-2-14-12-7-11(15-8-16-12)9-4-3-5-10(13)6-9/h3-8H,2H2,1H3,(H,14,15,16). The minimum absolute atomic E-state index is 0.263. The number of hydrogen-bond acceptors (Lipinski definition) is 3. The maximum Gasteiger partial charge on any atom is 0.129 e. The van der Waals surface area contributed by atoms with E-state index in [2.05, 4.69) is 15.3 Å². The molecule has 0 atom stereocenters. The van der Waals surface area contributed by atoms with Gasteiger partial charge < -0.3 is 5.32 Å². The van der Waals surface area contributed by atoms with Gasteiger partial charge >= 0.3 is 0 Å². The Labute approximate surface area is 93.4 Å². The molecule has 0 aliphatic rings. The molecule has 2 rings (SSSR count). The van der Waals surface area contributed by atoms with Gasteiger partial charge in [0.15, 0.2) is 0 Å². The van der Waals surface area contributed by atoms with Gasteiger partial charge in [-0.05, 0) is 19.1 Å². The summed E-state index contributed by atoms with van der Waals surface area (Å²) >= 11 is 0. The summed E-state index contributed by atoms with van der Waals surface area (Å²) in [5.74, 6) is 0.484. The SMILES string of the molecule is CCNc1cc(-c2cccc(F)c2)ncn1. The Morgan fingerprint density at radius 1 is 1.25 bits per heavy atom. The van der Waals surface area contributed by atoms with Crippen molar-refractivity contribution < 1.29 is 4.39 Å². The Bertz CT molecular complexity index is 485. The molecule has 2 aromatic rings. The molecule has 1 aromatic heterocycles. The minimum Gasteiger partial charge on any atom is -0.370 e. The molecule has 3 nitrogen and oxygen atoms in total. The lowest BCUT2D eigenvalue weighted by molar-refractivity contribution is 0.628. The molecule has 0 amide bonds. The molecule has 0 radical (unpaired) electrons. The normalized spacial score (nSPS) is 10.1. The summed E-state index contributed by atoms with van der Waals surface area (Å²) < 4.78 is 13.0. The minimum atomic E-state index is -0.263. The quantitative estimate of drug-likeness (QED) is 0.859. The first-order valence-electron chi connectivity index (χ1n) is 5.11. The first-order valence-corrected chi connectivity index (χ1v) is 5.11. The summed E-state index contributed by atoms with van der Waals surface area (Å²) in [5, 5.41) is 3.09. The van der Waals surface area contributed by atoms with Gasteiger partial charge in [-0.25, -0.2) is 14.4 Å². The van der Waals surface area contributed by atoms with Crippen molar-refractivity contribution in [1.29, 1.82) is 0 Å². The van der Waals surface area contributed by atoms with Crippen LogP contribution in [0.3, 0.4) is 0 Å². The fraction of sp³-hybridized carbons (Fsp3) is 0.167. The second-order valence-corrected chi connectivity index (χ2v) is 3.33. The van der Waals surface area contributed by atoms with E-state index in [9.17, 15) is 4.39 Å². The number of nitrogens with one attached hydrogen (secondary N) is 1. The Hall–Kier alpha value is -1.97. The van der Waals surface area contributed by atoms with Gasteiger partial charge in [0.2, 0.25) is 0 Å². The van der Waals surface area contributed by atoms with E-state index in [1.807, 2.05) is 13.0 Å². The largest absolute Gasteiger partial charge is 0.370 e. The molecular weight excluding hydrogens is 205 g/mol. The van der Waals surface area contributed by atoms with Crippen LogP contribution in [0.15, 0.2) is 36.7 Å². The molecule has 1 aromatic carbocycles. The lowest BCUT2D eigenvalue weighted by Crippen LogP contribution is -1.99. The number of hydrogen-bond donors (Lipinski definition) is 1.